The van der Waals surface area contributed by atoms with Gasteiger partial charge in [-0.05, 0) is 23.5 Å². The number of rotatable bonds is 9. The van der Waals surface area contributed by atoms with E-state index in [0.29, 0.717) is 12.5 Å². The Hall–Kier alpha value is -2.62. The number of esters is 1. The molecule has 2 aromatic rings. The van der Waals surface area contributed by atoms with Gasteiger partial charge in [-0.3, -0.25) is 9.59 Å². The average molecular weight is 353 g/mol. The van der Waals surface area contributed by atoms with E-state index in [2.05, 4.69) is 19.2 Å². The van der Waals surface area contributed by atoms with E-state index in [-0.39, 0.29) is 30.8 Å². The standard InChI is InChI=1S/C22H27NO3/c1-17(2)13-14-23-21(24)16-26-22(25)15-20(18-9-5-3-6-10-18)19-11-7-4-8-12-19/h3-12,17,20H,13-16H2,1-2H3,(H,23,24). The number of hydrogen-bond acceptors (Lipinski definition) is 3. The molecule has 0 spiro atoms. The molecule has 1 amide bonds. The molecule has 2 aromatic carbocycles. The van der Waals surface area contributed by atoms with Gasteiger partial charge < -0.3 is 10.1 Å². The summed E-state index contributed by atoms with van der Waals surface area (Å²) < 4.78 is 5.18. The molecule has 0 aromatic heterocycles. The SMILES string of the molecule is CC(C)CCNC(=O)COC(=O)CC(c1ccccc1)c1ccccc1. The number of carbonyl (C=O) groups excluding carboxylic acids is 2. The van der Waals surface area contributed by atoms with Crippen LogP contribution in [0.4, 0.5) is 0 Å². The summed E-state index contributed by atoms with van der Waals surface area (Å²) in [5, 5.41) is 2.77. The average Bonchev–Trinajstić information content (AvgIpc) is 2.65. The summed E-state index contributed by atoms with van der Waals surface area (Å²) in [6.45, 7) is 4.57. The second kappa shape index (κ2) is 10.4. The molecule has 0 fully saturated rings. The minimum atomic E-state index is -0.373. The van der Waals surface area contributed by atoms with Gasteiger partial charge in [-0.1, -0.05) is 74.5 Å². The third kappa shape index (κ3) is 6.71. The van der Waals surface area contributed by atoms with Crippen LogP contribution in [0.2, 0.25) is 0 Å². The lowest BCUT2D eigenvalue weighted by Crippen LogP contribution is -2.30. The molecule has 0 saturated heterocycles. The Kier molecular flexibility index (Phi) is 7.87. The molecule has 138 valence electrons. The summed E-state index contributed by atoms with van der Waals surface area (Å²) in [5.41, 5.74) is 2.11. The molecule has 1 N–H and O–H groups in total. The Balaban J connectivity index is 1.92. The van der Waals surface area contributed by atoms with E-state index in [1.54, 1.807) is 0 Å². The molecule has 0 atom stereocenters. The first-order chi connectivity index (χ1) is 12.6. The molecule has 0 heterocycles. The maximum absolute atomic E-state index is 12.3. The highest BCUT2D eigenvalue weighted by molar-refractivity contribution is 5.80. The number of amides is 1. The lowest BCUT2D eigenvalue weighted by molar-refractivity contribution is -0.148. The monoisotopic (exact) mass is 353 g/mol. The van der Waals surface area contributed by atoms with Crippen molar-refractivity contribution < 1.29 is 14.3 Å². The molecular formula is C22H27NO3. The van der Waals surface area contributed by atoms with Crippen LogP contribution in [0.5, 0.6) is 0 Å². The van der Waals surface area contributed by atoms with Crippen molar-refractivity contribution in [3.63, 3.8) is 0 Å². The van der Waals surface area contributed by atoms with Gasteiger partial charge in [0.15, 0.2) is 6.61 Å². The largest absolute Gasteiger partial charge is 0.456 e. The van der Waals surface area contributed by atoms with Crippen molar-refractivity contribution >= 4 is 11.9 Å². The van der Waals surface area contributed by atoms with Gasteiger partial charge in [-0.25, -0.2) is 0 Å². The Morgan fingerprint density at radius 1 is 0.923 bits per heavy atom. The number of benzene rings is 2. The second-order valence-electron chi connectivity index (χ2n) is 6.77. The van der Waals surface area contributed by atoms with Crippen LogP contribution in [-0.2, 0) is 14.3 Å². The molecule has 2 rings (SSSR count). The Bertz CT molecular complexity index is 644. The van der Waals surface area contributed by atoms with Crippen molar-refractivity contribution in [3.05, 3.63) is 71.8 Å². The molecule has 0 aliphatic carbocycles. The van der Waals surface area contributed by atoms with Crippen LogP contribution in [0.15, 0.2) is 60.7 Å². The van der Waals surface area contributed by atoms with Crippen LogP contribution < -0.4 is 5.32 Å². The third-order valence-electron chi connectivity index (χ3n) is 4.18. The van der Waals surface area contributed by atoms with Gasteiger partial charge in [0.05, 0.1) is 6.42 Å². The maximum atomic E-state index is 12.3. The Morgan fingerprint density at radius 2 is 1.46 bits per heavy atom. The zero-order chi connectivity index (χ0) is 18.8. The highest BCUT2D eigenvalue weighted by atomic mass is 16.5. The number of hydrogen-bond donors (Lipinski definition) is 1. The molecular weight excluding hydrogens is 326 g/mol. The first-order valence-electron chi connectivity index (χ1n) is 9.08. The van der Waals surface area contributed by atoms with Gasteiger partial charge >= 0.3 is 5.97 Å². The Morgan fingerprint density at radius 3 is 1.96 bits per heavy atom. The molecule has 0 bridgehead atoms. The topological polar surface area (TPSA) is 55.4 Å². The zero-order valence-electron chi connectivity index (χ0n) is 15.5. The highest BCUT2D eigenvalue weighted by Crippen LogP contribution is 2.28. The van der Waals surface area contributed by atoms with E-state index in [9.17, 15) is 9.59 Å². The molecule has 0 unspecified atom stereocenters. The van der Waals surface area contributed by atoms with Gasteiger partial charge in [0, 0.05) is 12.5 Å². The lowest BCUT2D eigenvalue weighted by Gasteiger charge is -2.17. The smallest absolute Gasteiger partial charge is 0.307 e. The van der Waals surface area contributed by atoms with Gasteiger partial charge in [0.2, 0.25) is 0 Å². The van der Waals surface area contributed by atoms with E-state index in [0.717, 1.165) is 17.5 Å². The van der Waals surface area contributed by atoms with Crippen LogP contribution in [0, 0.1) is 5.92 Å². The quantitative estimate of drug-likeness (QED) is 0.695. The minimum Gasteiger partial charge on any atom is -0.456 e. The summed E-state index contributed by atoms with van der Waals surface area (Å²) in [6, 6.07) is 19.7. The number of ether oxygens (including phenoxy) is 1. The summed E-state index contributed by atoms with van der Waals surface area (Å²) in [7, 11) is 0. The van der Waals surface area contributed by atoms with E-state index in [4.69, 9.17) is 4.74 Å². The number of carbonyl (C=O) groups is 2. The molecule has 0 radical (unpaired) electrons. The normalized spacial score (nSPS) is 10.8. The number of nitrogens with one attached hydrogen (secondary N) is 1. The fraction of sp³-hybridized carbons (Fsp3) is 0.364. The van der Waals surface area contributed by atoms with E-state index in [1.165, 1.54) is 0 Å². The van der Waals surface area contributed by atoms with E-state index < -0.39 is 0 Å². The first-order valence-corrected chi connectivity index (χ1v) is 9.08. The molecule has 26 heavy (non-hydrogen) atoms. The highest BCUT2D eigenvalue weighted by Gasteiger charge is 2.19. The first kappa shape index (κ1) is 19.7. The summed E-state index contributed by atoms with van der Waals surface area (Å²) in [4.78, 5) is 24.1. The fourth-order valence-corrected chi connectivity index (χ4v) is 2.72. The van der Waals surface area contributed by atoms with Crippen LogP contribution in [0.1, 0.15) is 43.7 Å². The van der Waals surface area contributed by atoms with Gasteiger partial charge in [0.25, 0.3) is 5.91 Å². The van der Waals surface area contributed by atoms with Crippen molar-refractivity contribution in [2.24, 2.45) is 5.92 Å². The van der Waals surface area contributed by atoms with E-state index >= 15 is 0 Å². The van der Waals surface area contributed by atoms with Crippen molar-refractivity contribution in [1.29, 1.82) is 0 Å². The summed E-state index contributed by atoms with van der Waals surface area (Å²) >= 11 is 0. The lowest BCUT2D eigenvalue weighted by atomic mass is 9.89. The molecule has 0 saturated carbocycles. The van der Waals surface area contributed by atoms with Crippen molar-refractivity contribution in [3.8, 4) is 0 Å². The van der Waals surface area contributed by atoms with Crippen molar-refractivity contribution in [2.45, 2.75) is 32.6 Å². The molecule has 0 aliphatic rings. The maximum Gasteiger partial charge on any atom is 0.307 e. The Labute approximate surface area is 155 Å². The van der Waals surface area contributed by atoms with Crippen molar-refractivity contribution in [1.82, 2.24) is 5.32 Å². The second-order valence-corrected chi connectivity index (χ2v) is 6.77. The molecule has 4 nitrogen and oxygen atoms in total. The van der Waals surface area contributed by atoms with Gasteiger partial charge in [-0.15, -0.1) is 0 Å². The third-order valence-corrected chi connectivity index (χ3v) is 4.18. The van der Waals surface area contributed by atoms with Crippen LogP contribution >= 0.6 is 0 Å². The van der Waals surface area contributed by atoms with Crippen LogP contribution in [-0.4, -0.2) is 25.0 Å². The minimum absolute atomic E-state index is 0.0890. The summed E-state index contributed by atoms with van der Waals surface area (Å²) in [6.07, 6.45) is 1.11. The van der Waals surface area contributed by atoms with Gasteiger partial charge in [0.1, 0.15) is 0 Å². The predicted molar refractivity (Wildman–Crippen MR) is 103 cm³/mol. The molecule has 0 aliphatic heterocycles. The predicted octanol–water partition coefficient (Wildman–Crippen LogP) is 3.91. The zero-order valence-corrected chi connectivity index (χ0v) is 15.5. The van der Waals surface area contributed by atoms with E-state index in [1.807, 2.05) is 60.7 Å². The van der Waals surface area contributed by atoms with Crippen LogP contribution in [0.25, 0.3) is 0 Å². The fourth-order valence-electron chi connectivity index (χ4n) is 2.72. The summed E-state index contributed by atoms with van der Waals surface area (Å²) in [5.74, 6) is -0.194. The van der Waals surface area contributed by atoms with Crippen molar-refractivity contribution in [2.75, 3.05) is 13.2 Å². The molecule has 4 heteroatoms. The van der Waals surface area contributed by atoms with Gasteiger partial charge in [-0.2, -0.15) is 0 Å². The van der Waals surface area contributed by atoms with Crippen LogP contribution in [0.3, 0.4) is 0 Å².